The summed E-state index contributed by atoms with van der Waals surface area (Å²) in [5, 5.41) is 9.82. The Labute approximate surface area is 106 Å². The molecule has 1 fully saturated rings. The van der Waals surface area contributed by atoms with Crippen molar-refractivity contribution in [2.45, 2.75) is 26.4 Å². The number of carbonyl (C=O) groups is 1. The van der Waals surface area contributed by atoms with Gasteiger partial charge in [-0.15, -0.1) is 0 Å². The summed E-state index contributed by atoms with van der Waals surface area (Å²) in [4.78, 5) is 18.2. The van der Waals surface area contributed by atoms with E-state index in [2.05, 4.69) is 25.7 Å². The van der Waals surface area contributed by atoms with Gasteiger partial charge < -0.3 is 15.2 Å². The summed E-state index contributed by atoms with van der Waals surface area (Å²) >= 11 is 0. The monoisotopic (exact) mass is 253 g/mol. The van der Waals surface area contributed by atoms with Crippen LogP contribution in [0, 0.1) is 6.92 Å². The van der Waals surface area contributed by atoms with E-state index in [-0.39, 0.29) is 11.9 Å². The third-order valence-corrected chi connectivity index (χ3v) is 3.07. The zero-order chi connectivity index (χ0) is 13.0. The molecule has 100 valence electrons. The molecule has 0 saturated carbocycles. The number of nitrogens with zero attached hydrogens (tertiary/aromatic N) is 3. The number of aromatic nitrogens is 2. The van der Waals surface area contributed by atoms with Gasteiger partial charge in [-0.05, 0) is 6.92 Å². The maximum atomic E-state index is 12.0. The van der Waals surface area contributed by atoms with Crippen molar-refractivity contribution in [3.63, 3.8) is 0 Å². The Morgan fingerprint density at radius 2 is 2.28 bits per heavy atom. The third kappa shape index (κ3) is 3.27. The van der Waals surface area contributed by atoms with Gasteiger partial charge in [-0.3, -0.25) is 9.69 Å². The Kier molecular flexibility index (Phi) is 4.27. The quantitative estimate of drug-likeness (QED) is 0.737. The van der Waals surface area contributed by atoms with Crippen molar-refractivity contribution in [3.8, 4) is 0 Å². The average molecular weight is 253 g/mol. The fraction of sp³-hybridized carbons (Fsp3) is 0.727. The van der Waals surface area contributed by atoms with E-state index in [1.165, 1.54) is 0 Å². The van der Waals surface area contributed by atoms with E-state index in [1.54, 1.807) is 6.92 Å². The number of hydrogen-bond acceptors (Lipinski definition) is 6. The predicted octanol–water partition coefficient (Wildman–Crippen LogP) is -0.712. The topological polar surface area (TPSA) is 83.3 Å². The first-order chi connectivity index (χ1) is 8.66. The Bertz CT molecular complexity index is 400. The van der Waals surface area contributed by atoms with Crippen LogP contribution in [0.4, 0.5) is 0 Å². The van der Waals surface area contributed by atoms with Gasteiger partial charge >= 0.3 is 0 Å². The van der Waals surface area contributed by atoms with Gasteiger partial charge in [0.1, 0.15) is 0 Å². The standard InChI is InChI=1S/C11H19N5O2/c1-8(16-5-3-12-4-6-16)11(17)13-7-10-14-9(2)18-15-10/h8,12H,3-7H2,1-2H3,(H,13,17). The van der Waals surface area contributed by atoms with Gasteiger partial charge in [0.2, 0.25) is 11.8 Å². The van der Waals surface area contributed by atoms with Gasteiger partial charge in [0, 0.05) is 33.1 Å². The summed E-state index contributed by atoms with van der Waals surface area (Å²) < 4.78 is 4.84. The van der Waals surface area contributed by atoms with E-state index in [9.17, 15) is 4.79 Å². The normalized spacial score (nSPS) is 18.6. The molecule has 7 nitrogen and oxygen atoms in total. The van der Waals surface area contributed by atoms with Crippen LogP contribution in [0.1, 0.15) is 18.6 Å². The Morgan fingerprint density at radius 1 is 1.56 bits per heavy atom. The summed E-state index contributed by atoms with van der Waals surface area (Å²) in [6.45, 7) is 7.62. The fourth-order valence-electron chi connectivity index (χ4n) is 1.96. The molecule has 0 aromatic carbocycles. The van der Waals surface area contributed by atoms with E-state index < -0.39 is 0 Å². The van der Waals surface area contributed by atoms with E-state index in [0.717, 1.165) is 26.2 Å². The molecule has 1 saturated heterocycles. The van der Waals surface area contributed by atoms with Crippen LogP contribution < -0.4 is 10.6 Å². The second kappa shape index (κ2) is 5.92. The van der Waals surface area contributed by atoms with Gasteiger partial charge in [-0.2, -0.15) is 4.98 Å². The highest BCUT2D eigenvalue weighted by Gasteiger charge is 2.22. The van der Waals surface area contributed by atoms with Gasteiger partial charge in [0.15, 0.2) is 5.82 Å². The average Bonchev–Trinajstić information content (AvgIpc) is 2.82. The lowest BCUT2D eigenvalue weighted by molar-refractivity contribution is -0.126. The first kappa shape index (κ1) is 13.0. The molecule has 0 bridgehead atoms. The lowest BCUT2D eigenvalue weighted by Gasteiger charge is -2.31. The second-order valence-electron chi connectivity index (χ2n) is 4.41. The van der Waals surface area contributed by atoms with Crippen LogP contribution >= 0.6 is 0 Å². The minimum absolute atomic E-state index is 0.000599. The van der Waals surface area contributed by atoms with Crippen LogP contribution in [0.15, 0.2) is 4.52 Å². The summed E-state index contributed by atoms with van der Waals surface area (Å²) in [7, 11) is 0. The number of amides is 1. The third-order valence-electron chi connectivity index (χ3n) is 3.07. The van der Waals surface area contributed by atoms with Crippen molar-refractivity contribution >= 4 is 5.91 Å². The minimum atomic E-state index is -0.125. The maximum Gasteiger partial charge on any atom is 0.237 e. The van der Waals surface area contributed by atoms with Crippen LogP contribution in [0.25, 0.3) is 0 Å². The van der Waals surface area contributed by atoms with E-state index >= 15 is 0 Å². The van der Waals surface area contributed by atoms with Crippen molar-refractivity contribution in [2.75, 3.05) is 26.2 Å². The lowest BCUT2D eigenvalue weighted by Crippen LogP contribution is -2.52. The SMILES string of the molecule is Cc1nc(CNC(=O)C(C)N2CCNCC2)no1. The van der Waals surface area contributed by atoms with Crippen LogP contribution in [0.3, 0.4) is 0 Å². The second-order valence-corrected chi connectivity index (χ2v) is 4.41. The van der Waals surface area contributed by atoms with E-state index in [0.29, 0.717) is 18.3 Å². The summed E-state index contributed by atoms with van der Waals surface area (Å²) in [6.07, 6.45) is 0. The Hall–Kier alpha value is -1.47. The van der Waals surface area contributed by atoms with Crippen LogP contribution in [0.2, 0.25) is 0 Å². The number of nitrogens with one attached hydrogen (secondary N) is 2. The zero-order valence-corrected chi connectivity index (χ0v) is 10.8. The molecule has 1 aromatic heterocycles. The van der Waals surface area contributed by atoms with Crippen molar-refractivity contribution in [2.24, 2.45) is 0 Å². The summed E-state index contributed by atoms with van der Waals surface area (Å²) in [5.41, 5.74) is 0. The van der Waals surface area contributed by atoms with E-state index in [1.807, 2.05) is 6.92 Å². The smallest absolute Gasteiger partial charge is 0.237 e. The molecule has 1 amide bonds. The first-order valence-corrected chi connectivity index (χ1v) is 6.18. The number of piperazine rings is 1. The fourth-order valence-corrected chi connectivity index (χ4v) is 1.96. The molecule has 1 unspecified atom stereocenters. The number of aryl methyl sites for hydroxylation is 1. The molecule has 7 heteroatoms. The van der Waals surface area contributed by atoms with Gasteiger partial charge in [0.05, 0.1) is 12.6 Å². The summed E-state index contributed by atoms with van der Waals surface area (Å²) in [5.74, 6) is 1.02. The Balaban J connectivity index is 1.79. The molecule has 2 heterocycles. The molecule has 1 aliphatic rings. The molecule has 1 aromatic rings. The van der Waals surface area contributed by atoms with Crippen molar-refractivity contribution < 1.29 is 9.32 Å². The highest BCUT2D eigenvalue weighted by atomic mass is 16.5. The molecule has 18 heavy (non-hydrogen) atoms. The molecule has 2 rings (SSSR count). The predicted molar refractivity (Wildman–Crippen MR) is 64.8 cm³/mol. The number of carbonyl (C=O) groups excluding carboxylic acids is 1. The maximum absolute atomic E-state index is 12.0. The van der Waals surface area contributed by atoms with Crippen molar-refractivity contribution in [3.05, 3.63) is 11.7 Å². The van der Waals surface area contributed by atoms with Crippen LogP contribution in [-0.2, 0) is 11.3 Å². The van der Waals surface area contributed by atoms with Crippen LogP contribution in [-0.4, -0.2) is 53.2 Å². The largest absolute Gasteiger partial charge is 0.347 e. The minimum Gasteiger partial charge on any atom is -0.347 e. The number of rotatable bonds is 4. The Morgan fingerprint density at radius 3 is 2.89 bits per heavy atom. The lowest BCUT2D eigenvalue weighted by atomic mass is 10.2. The molecule has 1 aliphatic heterocycles. The molecule has 0 spiro atoms. The summed E-state index contributed by atoms with van der Waals surface area (Å²) in [6, 6.07) is -0.125. The van der Waals surface area contributed by atoms with Crippen molar-refractivity contribution in [1.82, 2.24) is 25.7 Å². The van der Waals surface area contributed by atoms with Crippen LogP contribution in [0.5, 0.6) is 0 Å². The molecule has 0 radical (unpaired) electrons. The highest BCUT2D eigenvalue weighted by molar-refractivity contribution is 5.81. The zero-order valence-electron chi connectivity index (χ0n) is 10.8. The number of hydrogen-bond donors (Lipinski definition) is 2. The van der Waals surface area contributed by atoms with Crippen molar-refractivity contribution in [1.29, 1.82) is 0 Å². The first-order valence-electron chi connectivity index (χ1n) is 6.18. The molecule has 2 N–H and O–H groups in total. The molecular formula is C11H19N5O2. The van der Waals surface area contributed by atoms with Gasteiger partial charge in [-0.1, -0.05) is 5.16 Å². The molecular weight excluding hydrogens is 234 g/mol. The molecule has 0 aliphatic carbocycles. The highest BCUT2D eigenvalue weighted by Crippen LogP contribution is 2.01. The van der Waals surface area contributed by atoms with Gasteiger partial charge in [0.25, 0.3) is 0 Å². The van der Waals surface area contributed by atoms with E-state index in [4.69, 9.17) is 4.52 Å². The molecule has 1 atom stereocenters. The van der Waals surface area contributed by atoms with Gasteiger partial charge in [-0.25, -0.2) is 0 Å².